The minimum atomic E-state index is 0.333. The Labute approximate surface area is 111 Å². The Morgan fingerprint density at radius 2 is 2.22 bits per heavy atom. The Bertz CT molecular complexity index is 248. The zero-order valence-corrected chi connectivity index (χ0v) is 12.0. The summed E-state index contributed by atoms with van der Waals surface area (Å²) in [5, 5.41) is 3.64. The van der Waals surface area contributed by atoms with E-state index in [2.05, 4.69) is 24.1 Å². The maximum Gasteiger partial charge on any atom is 0.0826 e. The topological polar surface area (TPSA) is 33.7 Å². The van der Waals surface area contributed by atoms with Gasteiger partial charge in [-0.25, -0.2) is 0 Å². The van der Waals surface area contributed by atoms with Gasteiger partial charge < -0.3 is 14.8 Å². The molecule has 2 aliphatic rings. The molecule has 0 radical (unpaired) electrons. The molecule has 0 aromatic heterocycles. The van der Waals surface area contributed by atoms with Crippen LogP contribution in [0.5, 0.6) is 0 Å². The molecule has 1 saturated carbocycles. The third-order valence-electron chi connectivity index (χ3n) is 4.26. The zero-order chi connectivity index (χ0) is 13.0. The van der Waals surface area contributed by atoms with Gasteiger partial charge in [-0.05, 0) is 33.1 Å². The number of methoxy groups -OCH3 is 1. The van der Waals surface area contributed by atoms with Gasteiger partial charge in [0, 0.05) is 38.8 Å². The first-order valence-corrected chi connectivity index (χ1v) is 7.32. The van der Waals surface area contributed by atoms with Crippen LogP contribution < -0.4 is 5.32 Å². The highest BCUT2D eigenvalue weighted by atomic mass is 16.5. The molecular formula is C14H28N2O2. The Balaban J connectivity index is 1.72. The molecular weight excluding hydrogens is 228 g/mol. The van der Waals surface area contributed by atoms with Gasteiger partial charge in [-0.1, -0.05) is 0 Å². The maximum atomic E-state index is 5.84. The van der Waals surface area contributed by atoms with E-state index in [0.29, 0.717) is 24.3 Å². The second kappa shape index (κ2) is 6.85. The van der Waals surface area contributed by atoms with E-state index in [1.807, 2.05) is 7.11 Å². The highest BCUT2D eigenvalue weighted by Crippen LogP contribution is 2.21. The van der Waals surface area contributed by atoms with Crippen molar-refractivity contribution in [3.63, 3.8) is 0 Å². The molecule has 2 fully saturated rings. The number of nitrogens with zero attached hydrogens (tertiary/aromatic N) is 1. The van der Waals surface area contributed by atoms with Crippen molar-refractivity contribution in [3.8, 4) is 0 Å². The molecule has 106 valence electrons. The summed E-state index contributed by atoms with van der Waals surface area (Å²) >= 11 is 0. The van der Waals surface area contributed by atoms with Gasteiger partial charge in [0.2, 0.25) is 0 Å². The summed E-state index contributed by atoms with van der Waals surface area (Å²) < 4.78 is 11.4. The Morgan fingerprint density at radius 1 is 1.39 bits per heavy atom. The maximum absolute atomic E-state index is 5.84. The monoisotopic (exact) mass is 256 g/mol. The van der Waals surface area contributed by atoms with E-state index in [9.17, 15) is 0 Å². The van der Waals surface area contributed by atoms with Crippen LogP contribution in [0.2, 0.25) is 0 Å². The van der Waals surface area contributed by atoms with Crippen LogP contribution >= 0.6 is 0 Å². The van der Waals surface area contributed by atoms with Crippen LogP contribution in [0, 0.1) is 0 Å². The predicted octanol–water partition coefficient (Wildman–Crippen LogP) is 1.25. The third kappa shape index (κ3) is 3.67. The van der Waals surface area contributed by atoms with Crippen molar-refractivity contribution < 1.29 is 9.47 Å². The number of hydrogen-bond donors (Lipinski definition) is 1. The lowest BCUT2D eigenvalue weighted by Gasteiger charge is -2.36. The van der Waals surface area contributed by atoms with Crippen molar-refractivity contribution in [2.75, 3.05) is 33.4 Å². The normalized spacial score (nSPS) is 34.3. The first kappa shape index (κ1) is 14.3. The van der Waals surface area contributed by atoms with E-state index in [1.165, 1.54) is 19.3 Å². The lowest BCUT2D eigenvalue weighted by Crippen LogP contribution is -2.51. The minimum Gasteiger partial charge on any atom is -0.380 e. The Morgan fingerprint density at radius 3 is 2.94 bits per heavy atom. The summed E-state index contributed by atoms with van der Waals surface area (Å²) in [4.78, 5) is 2.50. The molecule has 1 N–H and O–H groups in total. The third-order valence-corrected chi connectivity index (χ3v) is 4.26. The molecule has 1 heterocycles. The molecule has 18 heavy (non-hydrogen) atoms. The van der Waals surface area contributed by atoms with Gasteiger partial charge in [-0.15, -0.1) is 0 Å². The quantitative estimate of drug-likeness (QED) is 0.803. The summed E-state index contributed by atoms with van der Waals surface area (Å²) in [5.74, 6) is 0. The molecule has 1 aliphatic heterocycles. The fourth-order valence-corrected chi connectivity index (χ4v) is 3.06. The van der Waals surface area contributed by atoms with Crippen LogP contribution in [0.1, 0.15) is 33.1 Å². The van der Waals surface area contributed by atoms with Gasteiger partial charge >= 0.3 is 0 Å². The molecule has 2 rings (SSSR count). The first-order valence-electron chi connectivity index (χ1n) is 7.32. The van der Waals surface area contributed by atoms with E-state index in [-0.39, 0.29) is 0 Å². The first-order chi connectivity index (χ1) is 8.70. The van der Waals surface area contributed by atoms with Gasteiger partial charge in [-0.3, -0.25) is 4.90 Å². The van der Waals surface area contributed by atoms with Crippen LogP contribution in [-0.2, 0) is 9.47 Å². The standard InChI is InChI=1S/C14H28N2O2/c1-11(2)16-7-8-18-12(10-16)9-15-13-5-4-6-14(13)17-3/h11-15H,4-10H2,1-3H3. The molecule has 0 amide bonds. The lowest BCUT2D eigenvalue weighted by atomic mass is 10.2. The molecule has 3 atom stereocenters. The second-order valence-corrected chi connectivity index (χ2v) is 5.80. The van der Waals surface area contributed by atoms with Crippen LogP contribution in [0.4, 0.5) is 0 Å². The van der Waals surface area contributed by atoms with Crippen molar-refractivity contribution >= 4 is 0 Å². The van der Waals surface area contributed by atoms with E-state index < -0.39 is 0 Å². The number of hydrogen-bond acceptors (Lipinski definition) is 4. The van der Waals surface area contributed by atoms with Gasteiger partial charge in [0.1, 0.15) is 0 Å². The van der Waals surface area contributed by atoms with E-state index in [0.717, 1.165) is 26.2 Å². The van der Waals surface area contributed by atoms with Crippen LogP contribution in [-0.4, -0.2) is 62.5 Å². The summed E-state index contributed by atoms with van der Waals surface area (Å²) in [6, 6.07) is 1.14. The van der Waals surface area contributed by atoms with Crippen molar-refractivity contribution in [1.29, 1.82) is 0 Å². The molecule has 4 heteroatoms. The van der Waals surface area contributed by atoms with E-state index >= 15 is 0 Å². The molecule has 0 aromatic rings. The Kier molecular flexibility index (Phi) is 5.42. The highest BCUT2D eigenvalue weighted by molar-refractivity contribution is 4.85. The van der Waals surface area contributed by atoms with Crippen LogP contribution in [0.3, 0.4) is 0 Å². The highest BCUT2D eigenvalue weighted by Gasteiger charge is 2.28. The number of ether oxygens (including phenoxy) is 2. The largest absolute Gasteiger partial charge is 0.380 e. The van der Waals surface area contributed by atoms with Gasteiger partial charge in [-0.2, -0.15) is 0 Å². The van der Waals surface area contributed by atoms with Crippen molar-refractivity contribution in [1.82, 2.24) is 10.2 Å². The van der Waals surface area contributed by atoms with Crippen molar-refractivity contribution in [2.45, 2.75) is 57.4 Å². The van der Waals surface area contributed by atoms with Crippen LogP contribution in [0.15, 0.2) is 0 Å². The molecule has 3 unspecified atom stereocenters. The molecule has 0 aromatic carbocycles. The van der Waals surface area contributed by atoms with E-state index in [4.69, 9.17) is 9.47 Å². The summed E-state index contributed by atoms with van der Waals surface area (Å²) in [5.41, 5.74) is 0. The molecule has 0 spiro atoms. The van der Waals surface area contributed by atoms with Crippen LogP contribution in [0.25, 0.3) is 0 Å². The minimum absolute atomic E-state index is 0.333. The average Bonchev–Trinajstić information content (AvgIpc) is 2.84. The van der Waals surface area contributed by atoms with Gasteiger partial charge in [0.05, 0.1) is 18.8 Å². The SMILES string of the molecule is COC1CCCC1NCC1CN(C(C)C)CCO1. The Hall–Kier alpha value is -0.160. The second-order valence-electron chi connectivity index (χ2n) is 5.80. The molecule has 0 bridgehead atoms. The number of rotatable bonds is 5. The van der Waals surface area contributed by atoms with E-state index in [1.54, 1.807) is 0 Å². The summed E-state index contributed by atoms with van der Waals surface area (Å²) in [6.45, 7) is 8.45. The van der Waals surface area contributed by atoms with Gasteiger partial charge in [0.15, 0.2) is 0 Å². The summed E-state index contributed by atoms with van der Waals surface area (Å²) in [7, 11) is 1.82. The molecule has 1 aliphatic carbocycles. The fraction of sp³-hybridized carbons (Fsp3) is 1.00. The number of morpholine rings is 1. The predicted molar refractivity (Wildman–Crippen MR) is 72.9 cm³/mol. The van der Waals surface area contributed by atoms with Crippen molar-refractivity contribution in [3.05, 3.63) is 0 Å². The average molecular weight is 256 g/mol. The van der Waals surface area contributed by atoms with Gasteiger partial charge in [0.25, 0.3) is 0 Å². The molecule has 4 nitrogen and oxygen atoms in total. The number of nitrogens with one attached hydrogen (secondary N) is 1. The van der Waals surface area contributed by atoms with Crippen molar-refractivity contribution in [2.24, 2.45) is 0 Å². The zero-order valence-electron chi connectivity index (χ0n) is 12.0. The smallest absolute Gasteiger partial charge is 0.0826 e. The fourth-order valence-electron chi connectivity index (χ4n) is 3.06. The molecule has 1 saturated heterocycles. The lowest BCUT2D eigenvalue weighted by molar-refractivity contribution is -0.0400. The summed E-state index contributed by atoms with van der Waals surface area (Å²) in [6.07, 6.45) is 4.44.